The van der Waals surface area contributed by atoms with E-state index >= 15 is 0 Å². The monoisotopic (exact) mass is 340 g/mol. The van der Waals surface area contributed by atoms with Crippen LogP contribution >= 0.6 is 0 Å². The maximum Gasteiger partial charge on any atom is 0.243 e. The lowest BCUT2D eigenvalue weighted by molar-refractivity contribution is 0.244. The predicted octanol–water partition coefficient (Wildman–Crippen LogP) is 2.77. The third-order valence-corrected chi connectivity index (χ3v) is 7.24. The van der Waals surface area contributed by atoms with Gasteiger partial charge in [0.2, 0.25) is 10.0 Å². The summed E-state index contributed by atoms with van der Waals surface area (Å²) < 4.78 is 41.2. The molecule has 0 saturated carbocycles. The molecule has 6 heteroatoms. The number of sulfonamides is 1. The van der Waals surface area contributed by atoms with Crippen molar-refractivity contribution >= 4 is 10.0 Å². The predicted molar refractivity (Wildman–Crippen MR) is 88.3 cm³/mol. The highest BCUT2D eigenvalue weighted by Crippen LogP contribution is 2.36. The molecule has 0 spiro atoms. The Labute approximate surface area is 138 Å². The molecule has 0 bridgehead atoms. The number of halogens is 1. The summed E-state index contributed by atoms with van der Waals surface area (Å²) in [7, 11) is -3.62. The van der Waals surface area contributed by atoms with Gasteiger partial charge in [0.1, 0.15) is 5.82 Å². The Bertz CT molecular complexity index is 677. The maximum absolute atomic E-state index is 13.5. The van der Waals surface area contributed by atoms with Crippen LogP contribution in [0.4, 0.5) is 4.39 Å². The molecule has 0 aliphatic carbocycles. The first-order valence-electron chi connectivity index (χ1n) is 8.47. The third kappa shape index (κ3) is 3.04. The summed E-state index contributed by atoms with van der Waals surface area (Å²) in [4.78, 5) is 2.55. The topological polar surface area (TPSA) is 40.6 Å². The van der Waals surface area contributed by atoms with Crippen molar-refractivity contribution in [3.05, 3.63) is 29.6 Å². The minimum Gasteiger partial charge on any atom is -0.299 e. The number of hydrogen-bond donors (Lipinski definition) is 0. The highest BCUT2D eigenvalue weighted by molar-refractivity contribution is 7.89. The summed E-state index contributed by atoms with van der Waals surface area (Å²) in [5.41, 5.74) is 0.607. The third-order valence-electron chi connectivity index (χ3n) is 5.18. The van der Waals surface area contributed by atoms with Crippen LogP contribution in [0.15, 0.2) is 23.1 Å². The van der Waals surface area contributed by atoms with Gasteiger partial charge in [-0.3, -0.25) is 4.90 Å². The molecule has 2 heterocycles. The standard InChI is InChI=1S/C17H25FN2O2S/c1-3-4-9-19-10-7-16-15(19)8-11-20(16)23(21,22)17-12-14(18)6-5-13(17)2/h5-6,12,15-16H,3-4,7-11H2,1-2H3/t15-,16-/m0/s1. The van der Waals surface area contributed by atoms with Crippen molar-refractivity contribution < 1.29 is 12.8 Å². The van der Waals surface area contributed by atoms with Crippen LogP contribution in [0.25, 0.3) is 0 Å². The highest BCUT2D eigenvalue weighted by atomic mass is 32.2. The molecule has 1 aromatic carbocycles. The number of nitrogens with zero attached hydrogens (tertiary/aromatic N) is 2. The molecule has 1 aromatic rings. The smallest absolute Gasteiger partial charge is 0.243 e. The minimum absolute atomic E-state index is 0.0412. The highest BCUT2D eigenvalue weighted by Gasteiger charge is 2.47. The van der Waals surface area contributed by atoms with Crippen LogP contribution in [0.1, 0.15) is 38.2 Å². The molecule has 4 nitrogen and oxygen atoms in total. The molecule has 0 radical (unpaired) electrons. The van der Waals surface area contributed by atoms with Gasteiger partial charge in [0.05, 0.1) is 4.90 Å². The van der Waals surface area contributed by atoms with E-state index < -0.39 is 15.8 Å². The van der Waals surface area contributed by atoms with Crippen LogP contribution in [-0.2, 0) is 10.0 Å². The normalized spacial score (nSPS) is 25.9. The Morgan fingerprint density at radius 1 is 1.22 bits per heavy atom. The Balaban J connectivity index is 1.84. The van der Waals surface area contributed by atoms with E-state index in [-0.39, 0.29) is 10.9 Å². The molecule has 0 amide bonds. The van der Waals surface area contributed by atoms with Gasteiger partial charge in [-0.05, 0) is 50.4 Å². The molecule has 0 N–H and O–H groups in total. The lowest BCUT2D eigenvalue weighted by Gasteiger charge is -2.25. The van der Waals surface area contributed by atoms with Gasteiger partial charge >= 0.3 is 0 Å². The molecule has 2 saturated heterocycles. The zero-order valence-electron chi connectivity index (χ0n) is 13.8. The second-order valence-corrected chi connectivity index (χ2v) is 8.49. The summed E-state index contributed by atoms with van der Waals surface area (Å²) >= 11 is 0. The van der Waals surface area contributed by atoms with E-state index in [0.717, 1.165) is 44.8 Å². The fourth-order valence-corrected chi connectivity index (χ4v) is 5.89. The SMILES string of the molecule is CCCCN1CC[C@H]2[C@@H]1CCN2S(=O)(=O)c1cc(F)ccc1C. The summed E-state index contributed by atoms with van der Waals surface area (Å²) in [6, 6.07) is 4.37. The number of hydrogen-bond acceptors (Lipinski definition) is 3. The quantitative estimate of drug-likeness (QED) is 0.827. The van der Waals surface area contributed by atoms with E-state index in [0.29, 0.717) is 18.2 Å². The summed E-state index contributed by atoms with van der Waals surface area (Å²) in [5, 5.41) is 0. The molecule has 2 fully saturated rings. The Morgan fingerprint density at radius 2 is 1.96 bits per heavy atom. The molecular formula is C17H25FN2O2S. The number of rotatable bonds is 5. The fraction of sp³-hybridized carbons (Fsp3) is 0.647. The van der Waals surface area contributed by atoms with E-state index in [9.17, 15) is 12.8 Å². The van der Waals surface area contributed by atoms with Crippen LogP contribution in [0.3, 0.4) is 0 Å². The average Bonchev–Trinajstić information content (AvgIpc) is 3.09. The fourth-order valence-electron chi connectivity index (χ4n) is 3.95. The van der Waals surface area contributed by atoms with E-state index in [1.54, 1.807) is 11.2 Å². The zero-order valence-corrected chi connectivity index (χ0v) is 14.7. The van der Waals surface area contributed by atoms with Crippen molar-refractivity contribution in [2.24, 2.45) is 0 Å². The molecule has 23 heavy (non-hydrogen) atoms. The molecule has 0 unspecified atom stereocenters. The summed E-state index contributed by atoms with van der Waals surface area (Å²) in [6.45, 7) is 6.44. The van der Waals surface area contributed by atoms with Crippen molar-refractivity contribution in [2.75, 3.05) is 19.6 Å². The van der Waals surface area contributed by atoms with Crippen LogP contribution in [0, 0.1) is 12.7 Å². The van der Waals surface area contributed by atoms with Crippen LogP contribution in [-0.4, -0.2) is 49.3 Å². The van der Waals surface area contributed by atoms with Crippen molar-refractivity contribution in [1.29, 1.82) is 0 Å². The zero-order chi connectivity index (χ0) is 16.6. The van der Waals surface area contributed by atoms with E-state index in [4.69, 9.17) is 0 Å². The van der Waals surface area contributed by atoms with Gasteiger partial charge in [0, 0.05) is 25.2 Å². The Morgan fingerprint density at radius 3 is 2.70 bits per heavy atom. The van der Waals surface area contributed by atoms with Crippen LogP contribution in [0.2, 0.25) is 0 Å². The van der Waals surface area contributed by atoms with E-state index in [2.05, 4.69) is 11.8 Å². The van der Waals surface area contributed by atoms with Crippen molar-refractivity contribution in [1.82, 2.24) is 9.21 Å². The van der Waals surface area contributed by atoms with Gasteiger partial charge in [-0.2, -0.15) is 4.31 Å². The molecule has 0 aromatic heterocycles. The molecule has 2 aliphatic rings. The minimum atomic E-state index is -3.62. The number of aryl methyl sites for hydroxylation is 1. The maximum atomic E-state index is 13.5. The van der Waals surface area contributed by atoms with Gasteiger partial charge < -0.3 is 0 Å². The lowest BCUT2D eigenvalue weighted by atomic mass is 10.1. The second-order valence-electron chi connectivity index (χ2n) is 6.63. The largest absolute Gasteiger partial charge is 0.299 e. The lowest BCUT2D eigenvalue weighted by Crippen LogP contribution is -2.40. The van der Waals surface area contributed by atoms with Gasteiger partial charge in [-0.15, -0.1) is 0 Å². The first-order valence-corrected chi connectivity index (χ1v) is 9.91. The molecule has 2 atom stereocenters. The van der Waals surface area contributed by atoms with Crippen molar-refractivity contribution in [3.63, 3.8) is 0 Å². The second kappa shape index (κ2) is 6.49. The van der Waals surface area contributed by atoms with Gasteiger partial charge in [0.25, 0.3) is 0 Å². The number of unbranched alkanes of at least 4 members (excludes halogenated alkanes) is 1. The van der Waals surface area contributed by atoms with Crippen LogP contribution < -0.4 is 0 Å². The van der Waals surface area contributed by atoms with E-state index in [1.807, 2.05) is 0 Å². The van der Waals surface area contributed by atoms with E-state index in [1.165, 1.54) is 12.1 Å². The van der Waals surface area contributed by atoms with Crippen molar-refractivity contribution in [2.45, 2.75) is 56.5 Å². The average molecular weight is 340 g/mol. The molecule has 3 rings (SSSR count). The van der Waals surface area contributed by atoms with Gasteiger partial charge in [-0.25, -0.2) is 12.8 Å². The van der Waals surface area contributed by atoms with Crippen LogP contribution in [0.5, 0.6) is 0 Å². The number of likely N-dealkylation sites (tertiary alicyclic amines) is 1. The molecular weight excluding hydrogens is 315 g/mol. The Hall–Kier alpha value is -0.980. The molecule has 2 aliphatic heterocycles. The van der Waals surface area contributed by atoms with Crippen molar-refractivity contribution in [3.8, 4) is 0 Å². The number of fused-ring (bicyclic) bond motifs is 1. The Kier molecular flexibility index (Phi) is 4.76. The van der Waals surface area contributed by atoms with Gasteiger partial charge in [-0.1, -0.05) is 19.4 Å². The van der Waals surface area contributed by atoms with Gasteiger partial charge in [0.15, 0.2) is 0 Å². The first-order chi connectivity index (χ1) is 10.9. The molecule has 128 valence electrons. The summed E-state index contributed by atoms with van der Waals surface area (Å²) in [5.74, 6) is -0.499. The number of benzene rings is 1. The summed E-state index contributed by atoms with van der Waals surface area (Å²) in [6.07, 6.45) is 4.06. The first kappa shape index (κ1) is 16.9.